The summed E-state index contributed by atoms with van der Waals surface area (Å²) in [6.45, 7) is 5.13. The van der Waals surface area contributed by atoms with Crippen molar-refractivity contribution in [2.45, 2.75) is 71.3 Å². The molecule has 21 heavy (non-hydrogen) atoms. The normalized spacial score (nSPS) is 12.0. The fourth-order valence-corrected chi connectivity index (χ4v) is 1.88. The van der Waals surface area contributed by atoms with E-state index in [0.717, 1.165) is 38.5 Å². The lowest BCUT2D eigenvalue weighted by Crippen LogP contribution is -2.36. The Labute approximate surface area is 128 Å². The van der Waals surface area contributed by atoms with Crippen molar-refractivity contribution >= 4 is 11.9 Å². The Bertz CT molecular complexity index is 281. The number of rotatable bonds is 13. The SMILES string of the molecule is CCCCCOC(=O)CCC(NC)C(=O)OCCCCC. The molecule has 0 aromatic carbocycles. The van der Waals surface area contributed by atoms with Crippen molar-refractivity contribution in [3.63, 3.8) is 0 Å². The summed E-state index contributed by atoms with van der Waals surface area (Å²) in [4.78, 5) is 23.4. The first-order valence-corrected chi connectivity index (χ1v) is 8.15. The molecular weight excluding hydrogens is 270 g/mol. The Morgan fingerprint density at radius 2 is 1.52 bits per heavy atom. The van der Waals surface area contributed by atoms with Gasteiger partial charge in [0.25, 0.3) is 0 Å². The van der Waals surface area contributed by atoms with Gasteiger partial charge < -0.3 is 14.8 Å². The first-order chi connectivity index (χ1) is 10.2. The van der Waals surface area contributed by atoms with Crippen LogP contribution in [0.25, 0.3) is 0 Å². The van der Waals surface area contributed by atoms with Crippen molar-refractivity contribution in [1.29, 1.82) is 0 Å². The van der Waals surface area contributed by atoms with Crippen molar-refractivity contribution in [2.75, 3.05) is 20.3 Å². The number of carbonyl (C=O) groups excluding carboxylic acids is 2. The van der Waals surface area contributed by atoms with E-state index in [1.54, 1.807) is 7.05 Å². The summed E-state index contributed by atoms with van der Waals surface area (Å²) in [5, 5.41) is 2.89. The number of carbonyl (C=O) groups is 2. The van der Waals surface area contributed by atoms with E-state index in [1.807, 2.05) is 0 Å². The van der Waals surface area contributed by atoms with E-state index in [0.29, 0.717) is 19.6 Å². The number of esters is 2. The zero-order chi connectivity index (χ0) is 15.9. The number of nitrogens with one attached hydrogen (secondary N) is 1. The van der Waals surface area contributed by atoms with Crippen molar-refractivity contribution in [2.24, 2.45) is 0 Å². The van der Waals surface area contributed by atoms with Crippen LogP contribution in [0, 0.1) is 0 Å². The second-order valence-corrected chi connectivity index (χ2v) is 5.18. The highest BCUT2D eigenvalue weighted by atomic mass is 16.5. The molecule has 0 fully saturated rings. The monoisotopic (exact) mass is 301 g/mol. The Morgan fingerprint density at radius 3 is 2.05 bits per heavy atom. The Hall–Kier alpha value is -1.10. The zero-order valence-corrected chi connectivity index (χ0v) is 13.8. The lowest BCUT2D eigenvalue weighted by molar-refractivity contribution is -0.147. The second kappa shape index (κ2) is 13.9. The summed E-state index contributed by atoms with van der Waals surface area (Å²) in [6.07, 6.45) is 6.75. The molecule has 0 aliphatic rings. The predicted molar refractivity (Wildman–Crippen MR) is 83.0 cm³/mol. The van der Waals surface area contributed by atoms with Crippen LogP contribution in [0.4, 0.5) is 0 Å². The minimum atomic E-state index is -0.435. The summed E-state index contributed by atoms with van der Waals surface area (Å²) in [7, 11) is 1.70. The fourth-order valence-electron chi connectivity index (χ4n) is 1.88. The van der Waals surface area contributed by atoms with Gasteiger partial charge in [0.1, 0.15) is 6.04 Å². The number of hydrogen-bond acceptors (Lipinski definition) is 5. The Balaban J connectivity index is 3.81. The molecule has 0 bridgehead atoms. The number of hydrogen-bond donors (Lipinski definition) is 1. The molecule has 0 amide bonds. The molecule has 0 aromatic heterocycles. The van der Waals surface area contributed by atoms with E-state index in [9.17, 15) is 9.59 Å². The molecule has 124 valence electrons. The predicted octanol–water partition coefficient (Wildman–Crippen LogP) is 2.82. The second-order valence-electron chi connectivity index (χ2n) is 5.18. The highest BCUT2D eigenvalue weighted by Crippen LogP contribution is 2.04. The summed E-state index contributed by atoms with van der Waals surface area (Å²) in [5.41, 5.74) is 0. The number of likely N-dealkylation sites (N-methyl/N-ethyl adjacent to an activating group) is 1. The molecule has 1 atom stereocenters. The number of ether oxygens (including phenoxy) is 2. The van der Waals surface area contributed by atoms with E-state index in [2.05, 4.69) is 19.2 Å². The third kappa shape index (κ3) is 11.3. The average molecular weight is 301 g/mol. The first-order valence-electron chi connectivity index (χ1n) is 8.15. The minimum Gasteiger partial charge on any atom is -0.466 e. The average Bonchev–Trinajstić information content (AvgIpc) is 2.48. The molecule has 1 N–H and O–H groups in total. The molecule has 0 rings (SSSR count). The maximum atomic E-state index is 11.8. The summed E-state index contributed by atoms with van der Waals surface area (Å²) < 4.78 is 10.3. The highest BCUT2D eigenvalue weighted by molar-refractivity contribution is 5.77. The van der Waals surface area contributed by atoms with Crippen LogP contribution in [-0.2, 0) is 19.1 Å². The number of unbranched alkanes of at least 4 members (excludes halogenated alkanes) is 4. The fraction of sp³-hybridized carbons (Fsp3) is 0.875. The van der Waals surface area contributed by atoms with Crippen LogP contribution in [0.3, 0.4) is 0 Å². The van der Waals surface area contributed by atoms with Crippen molar-refractivity contribution < 1.29 is 19.1 Å². The topological polar surface area (TPSA) is 64.6 Å². The lowest BCUT2D eigenvalue weighted by Gasteiger charge is -2.14. The van der Waals surface area contributed by atoms with Gasteiger partial charge in [-0.1, -0.05) is 39.5 Å². The van der Waals surface area contributed by atoms with Gasteiger partial charge in [-0.3, -0.25) is 9.59 Å². The van der Waals surface area contributed by atoms with Crippen molar-refractivity contribution in [3.05, 3.63) is 0 Å². The largest absolute Gasteiger partial charge is 0.466 e. The molecule has 0 aromatic rings. The Kier molecular flexibility index (Phi) is 13.1. The van der Waals surface area contributed by atoms with Gasteiger partial charge in [-0.05, 0) is 26.3 Å². The van der Waals surface area contributed by atoms with Gasteiger partial charge in [0, 0.05) is 6.42 Å². The van der Waals surface area contributed by atoms with Crippen LogP contribution >= 0.6 is 0 Å². The van der Waals surface area contributed by atoms with Gasteiger partial charge in [-0.25, -0.2) is 0 Å². The van der Waals surface area contributed by atoms with E-state index in [-0.39, 0.29) is 18.4 Å². The van der Waals surface area contributed by atoms with Crippen LogP contribution in [0.1, 0.15) is 65.2 Å². The summed E-state index contributed by atoms with van der Waals surface area (Å²) >= 11 is 0. The molecule has 0 aliphatic carbocycles. The van der Waals surface area contributed by atoms with Crippen LogP contribution in [0.2, 0.25) is 0 Å². The molecule has 5 heteroatoms. The highest BCUT2D eigenvalue weighted by Gasteiger charge is 2.19. The van der Waals surface area contributed by atoms with E-state index in [4.69, 9.17) is 9.47 Å². The van der Waals surface area contributed by atoms with Gasteiger partial charge >= 0.3 is 11.9 Å². The van der Waals surface area contributed by atoms with E-state index in [1.165, 1.54) is 0 Å². The third-order valence-electron chi connectivity index (χ3n) is 3.27. The van der Waals surface area contributed by atoms with Gasteiger partial charge in [0.05, 0.1) is 13.2 Å². The smallest absolute Gasteiger partial charge is 0.323 e. The first kappa shape index (κ1) is 19.9. The van der Waals surface area contributed by atoms with Crippen molar-refractivity contribution in [3.8, 4) is 0 Å². The molecule has 0 saturated heterocycles. The summed E-state index contributed by atoms with van der Waals surface area (Å²) in [5.74, 6) is -0.530. The summed E-state index contributed by atoms with van der Waals surface area (Å²) in [6, 6.07) is -0.435. The quantitative estimate of drug-likeness (QED) is 0.418. The maximum Gasteiger partial charge on any atom is 0.323 e. The van der Waals surface area contributed by atoms with Gasteiger partial charge in [0.2, 0.25) is 0 Å². The molecule has 0 aliphatic heterocycles. The van der Waals surface area contributed by atoms with Crippen LogP contribution in [0.5, 0.6) is 0 Å². The molecule has 0 saturated carbocycles. The molecule has 0 heterocycles. The molecule has 1 unspecified atom stereocenters. The standard InChI is InChI=1S/C16H31NO4/c1-4-6-8-12-20-15(18)11-10-14(17-3)16(19)21-13-9-7-5-2/h14,17H,4-13H2,1-3H3. The molecule has 0 spiro atoms. The minimum absolute atomic E-state index is 0.238. The molecule has 0 radical (unpaired) electrons. The van der Waals surface area contributed by atoms with Crippen molar-refractivity contribution in [1.82, 2.24) is 5.32 Å². The maximum absolute atomic E-state index is 11.8. The molecular formula is C16H31NO4. The van der Waals surface area contributed by atoms with E-state index < -0.39 is 6.04 Å². The Morgan fingerprint density at radius 1 is 0.952 bits per heavy atom. The van der Waals surface area contributed by atoms with Crippen LogP contribution < -0.4 is 5.32 Å². The zero-order valence-electron chi connectivity index (χ0n) is 13.8. The van der Waals surface area contributed by atoms with Gasteiger partial charge in [-0.15, -0.1) is 0 Å². The van der Waals surface area contributed by atoms with Crippen LogP contribution in [-0.4, -0.2) is 38.2 Å². The van der Waals surface area contributed by atoms with Gasteiger partial charge in [0.15, 0.2) is 0 Å². The third-order valence-corrected chi connectivity index (χ3v) is 3.27. The molecule has 5 nitrogen and oxygen atoms in total. The van der Waals surface area contributed by atoms with Crippen LogP contribution in [0.15, 0.2) is 0 Å². The van der Waals surface area contributed by atoms with Gasteiger partial charge in [-0.2, -0.15) is 0 Å². The lowest BCUT2D eigenvalue weighted by atomic mass is 10.1. The van der Waals surface area contributed by atoms with E-state index >= 15 is 0 Å².